The van der Waals surface area contributed by atoms with Crippen molar-refractivity contribution in [3.05, 3.63) is 107 Å². The zero-order chi connectivity index (χ0) is 52.3. The number of nitrogens with zero attached hydrogens (tertiary/aromatic N) is 10. The molecule has 0 unspecified atom stereocenters. The maximum absolute atomic E-state index is 13.2. The highest BCUT2D eigenvalue weighted by Crippen LogP contribution is 2.29. The van der Waals surface area contributed by atoms with E-state index in [9.17, 15) is 19.2 Å². The SMILES string of the molecule is CC(C)(C)OC(=O)Nc1ncc(-c2ccc(N=[N+]=[N-])cc2)n1C(=O)OC(C)(C)C.CCCCCc1ccc(-c2cn(-c3ccc(-c4cnc(NC(=O)OC(C)(C)C)n4C(=O)OC(C)(C)C)cc3)nn2)cc1. The number of hydrogen-bond donors (Lipinski definition) is 2. The van der Waals surface area contributed by atoms with Gasteiger partial charge in [0, 0.05) is 27.3 Å². The number of carbonyl (C=O) groups is 4. The number of rotatable bonds is 11. The Hall–Kier alpha value is -7.99. The van der Waals surface area contributed by atoms with Crippen LogP contribution in [0.25, 0.3) is 49.9 Å². The average Bonchev–Trinajstić information content (AvgIpc) is 4.02. The Morgan fingerprint density at radius 3 is 1.46 bits per heavy atom. The van der Waals surface area contributed by atoms with Gasteiger partial charge in [-0.2, -0.15) is 0 Å². The van der Waals surface area contributed by atoms with Gasteiger partial charge in [-0.25, -0.2) is 43.0 Å². The van der Waals surface area contributed by atoms with Gasteiger partial charge in [0.1, 0.15) is 28.1 Å². The minimum atomic E-state index is -0.758. The van der Waals surface area contributed by atoms with E-state index in [-0.39, 0.29) is 11.9 Å². The third kappa shape index (κ3) is 16.3. The first-order valence-corrected chi connectivity index (χ1v) is 23.1. The van der Waals surface area contributed by atoms with E-state index < -0.39 is 46.8 Å². The van der Waals surface area contributed by atoms with Crippen molar-refractivity contribution in [3.63, 3.8) is 0 Å². The number of anilines is 2. The lowest BCUT2D eigenvalue weighted by Crippen LogP contribution is -2.31. The number of azide groups is 1. The molecule has 376 valence electrons. The van der Waals surface area contributed by atoms with Crippen LogP contribution in [0.15, 0.2) is 96.5 Å². The molecule has 20 nitrogen and oxygen atoms in total. The summed E-state index contributed by atoms with van der Waals surface area (Å²) in [6.45, 7) is 23.2. The van der Waals surface area contributed by atoms with Crippen molar-refractivity contribution < 1.29 is 38.1 Å². The largest absolute Gasteiger partial charge is 0.444 e. The normalized spacial score (nSPS) is 11.6. The molecule has 2 N–H and O–H groups in total. The second-order valence-electron chi connectivity index (χ2n) is 20.3. The molecule has 0 spiro atoms. The van der Waals surface area contributed by atoms with Crippen LogP contribution >= 0.6 is 0 Å². The first-order chi connectivity index (χ1) is 33.2. The highest BCUT2D eigenvalue weighted by atomic mass is 16.6. The molecule has 0 bridgehead atoms. The van der Waals surface area contributed by atoms with Gasteiger partial charge in [-0.05, 0) is 119 Å². The smallest absolute Gasteiger partial charge is 0.421 e. The summed E-state index contributed by atoms with van der Waals surface area (Å²) in [5.41, 5.74) is 12.0. The monoisotopic (exact) mass is 972 g/mol. The fourth-order valence-corrected chi connectivity index (χ4v) is 6.54. The van der Waals surface area contributed by atoms with Crippen LogP contribution in [0, 0.1) is 0 Å². The molecule has 71 heavy (non-hydrogen) atoms. The molecule has 3 aromatic carbocycles. The summed E-state index contributed by atoms with van der Waals surface area (Å²) in [5.74, 6) is -0.0440. The Labute approximate surface area is 413 Å². The maximum Gasteiger partial charge on any atom is 0.421 e. The molecule has 0 atom stereocenters. The topological polar surface area (TPSA) is 244 Å². The lowest BCUT2D eigenvalue weighted by atomic mass is 10.0. The fourth-order valence-electron chi connectivity index (χ4n) is 6.54. The summed E-state index contributed by atoms with van der Waals surface area (Å²) in [6.07, 6.45) is 6.67. The van der Waals surface area contributed by atoms with E-state index in [4.69, 9.17) is 24.5 Å². The summed E-state index contributed by atoms with van der Waals surface area (Å²) in [4.78, 5) is 61.8. The standard InChI is InChI=1S/C32H40N6O4.C19H24N6O4/c1-8-9-10-11-22-12-14-23(15-13-22)26-21-37(36-35-26)25-18-16-24(17-19-25)27-20-33-28(34-29(39)41-31(2,3)4)38(27)30(40)42-32(5,6)7;1-18(2,3)28-16(26)22-15-21-11-14(25(15)17(27)29-19(4,5)6)12-7-9-13(10-8-12)23-24-20/h12-21H,8-11H2,1-7H3,(H,33,34,39);7-11H,1-6H3,(H,21,22,26). The summed E-state index contributed by atoms with van der Waals surface area (Å²) in [6, 6.07) is 22.4. The molecule has 0 aliphatic rings. The van der Waals surface area contributed by atoms with Gasteiger partial charge in [-0.1, -0.05) is 90.8 Å². The van der Waals surface area contributed by atoms with Crippen molar-refractivity contribution in [2.75, 3.05) is 10.6 Å². The predicted octanol–water partition coefficient (Wildman–Crippen LogP) is 13.3. The van der Waals surface area contributed by atoms with E-state index in [0.717, 1.165) is 27.9 Å². The summed E-state index contributed by atoms with van der Waals surface area (Å²) >= 11 is 0. The number of amides is 2. The van der Waals surface area contributed by atoms with E-state index in [1.54, 1.807) is 112 Å². The van der Waals surface area contributed by atoms with Gasteiger partial charge >= 0.3 is 24.4 Å². The van der Waals surface area contributed by atoms with Crippen molar-refractivity contribution in [3.8, 4) is 39.5 Å². The zero-order valence-corrected chi connectivity index (χ0v) is 42.7. The van der Waals surface area contributed by atoms with Crippen LogP contribution in [0.3, 0.4) is 0 Å². The number of imidazole rings is 2. The highest BCUT2D eigenvalue weighted by molar-refractivity contribution is 5.90. The first kappa shape index (κ1) is 54.0. The number of carbonyl (C=O) groups excluding carboxylic acids is 4. The molecule has 0 fully saturated rings. The Kier molecular flexibility index (Phi) is 17.2. The molecule has 2 amide bonds. The average molecular weight is 973 g/mol. The maximum atomic E-state index is 13.2. The minimum Gasteiger partial charge on any atom is -0.444 e. The molecule has 3 heterocycles. The first-order valence-electron chi connectivity index (χ1n) is 23.1. The van der Waals surface area contributed by atoms with Crippen LogP contribution in [-0.2, 0) is 25.4 Å². The number of unbranched alkanes of at least 4 members (excludes halogenated alkanes) is 2. The molecule has 6 rings (SSSR count). The van der Waals surface area contributed by atoms with Crippen LogP contribution in [0.5, 0.6) is 0 Å². The van der Waals surface area contributed by atoms with Crippen molar-refractivity contribution in [1.29, 1.82) is 0 Å². The molecule has 0 saturated carbocycles. The third-order valence-electron chi connectivity index (χ3n) is 9.46. The lowest BCUT2D eigenvalue weighted by Gasteiger charge is -2.22. The highest BCUT2D eigenvalue weighted by Gasteiger charge is 2.28. The van der Waals surface area contributed by atoms with Crippen LogP contribution < -0.4 is 10.6 Å². The molecule has 6 aromatic rings. The Morgan fingerprint density at radius 1 is 0.606 bits per heavy atom. The van der Waals surface area contributed by atoms with Gasteiger partial charge in [-0.3, -0.25) is 10.6 Å². The summed E-state index contributed by atoms with van der Waals surface area (Å²) < 4.78 is 25.7. The van der Waals surface area contributed by atoms with Crippen molar-refractivity contribution >= 4 is 42.0 Å². The summed E-state index contributed by atoms with van der Waals surface area (Å²) in [5, 5.41) is 17.2. The number of ether oxygens (including phenoxy) is 4. The van der Waals surface area contributed by atoms with Gasteiger partial charge in [0.25, 0.3) is 0 Å². The predicted molar refractivity (Wildman–Crippen MR) is 271 cm³/mol. The van der Waals surface area contributed by atoms with Gasteiger partial charge in [0.2, 0.25) is 11.9 Å². The van der Waals surface area contributed by atoms with E-state index in [1.807, 2.05) is 30.5 Å². The number of nitrogens with one attached hydrogen (secondary N) is 2. The number of hydrogen-bond acceptors (Lipinski definition) is 13. The summed E-state index contributed by atoms with van der Waals surface area (Å²) in [7, 11) is 0. The van der Waals surface area contributed by atoms with E-state index in [0.29, 0.717) is 28.2 Å². The Morgan fingerprint density at radius 2 is 1.04 bits per heavy atom. The lowest BCUT2D eigenvalue weighted by molar-refractivity contribution is 0.0526. The molecule has 0 radical (unpaired) electrons. The molecule has 0 aliphatic heterocycles. The van der Waals surface area contributed by atoms with Crippen LogP contribution in [0.2, 0.25) is 0 Å². The Balaban J connectivity index is 0.000000283. The van der Waals surface area contributed by atoms with Gasteiger partial charge in [0.15, 0.2) is 0 Å². The van der Waals surface area contributed by atoms with Crippen LogP contribution in [0.1, 0.15) is 115 Å². The van der Waals surface area contributed by atoms with E-state index in [1.165, 1.54) is 41.8 Å². The number of benzene rings is 3. The second kappa shape index (κ2) is 22.6. The molecule has 0 aliphatic carbocycles. The third-order valence-corrected chi connectivity index (χ3v) is 9.46. The minimum absolute atomic E-state index is 0.00474. The quantitative estimate of drug-likeness (QED) is 0.0405. The molecule has 0 saturated heterocycles. The van der Waals surface area contributed by atoms with Gasteiger partial charge < -0.3 is 18.9 Å². The van der Waals surface area contributed by atoms with Crippen molar-refractivity contribution in [2.45, 2.75) is 138 Å². The second-order valence-corrected chi connectivity index (χ2v) is 20.3. The zero-order valence-electron chi connectivity index (χ0n) is 42.7. The van der Waals surface area contributed by atoms with Crippen molar-refractivity contribution in [2.24, 2.45) is 5.11 Å². The fraction of sp³-hybridized carbons (Fsp3) is 0.412. The Bertz CT molecular complexity index is 2830. The van der Waals surface area contributed by atoms with E-state index >= 15 is 0 Å². The van der Waals surface area contributed by atoms with Crippen molar-refractivity contribution in [1.82, 2.24) is 34.1 Å². The number of aryl methyl sites for hydroxylation is 1. The number of aromatic nitrogens is 7. The van der Waals surface area contributed by atoms with Crippen LogP contribution in [-0.4, -0.2) is 80.9 Å². The van der Waals surface area contributed by atoms with Gasteiger partial charge in [-0.15, -0.1) is 5.10 Å². The van der Waals surface area contributed by atoms with Crippen LogP contribution in [0.4, 0.5) is 36.8 Å². The van der Waals surface area contributed by atoms with Gasteiger partial charge in [0.05, 0.1) is 35.7 Å². The molecular formula is C51H64N12O8. The molecular weight excluding hydrogens is 909 g/mol. The van der Waals surface area contributed by atoms with E-state index in [2.05, 4.69) is 72.1 Å². The molecule has 3 aromatic heterocycles. The molecule has 20 heteroatoms.